The fourth-order valence-corrected chi connectivity index (χ4v) is 3.72. The van der Waals surface area contributed by atoms with E-state index >= 15 is 0 Å². The van der Waals surface area contributed by atoms with Gasteiger partial charge < -0.3 is 9.47 Å². The van der Waals surface area contributed by atoms with E-state index in [1.165, 1.54) is 13.8 Å². The Balaban J connectivity index is 2.31. The Labute approximate surface area is 108 Å². The molecule has 0 spiro atoms. The molecule has 2 rings (SSSR count). The van der Waals surface area contributed by atoms with Crippen LogP contribution in [0.25, 0.3) is 0 Å². The maximum atomic E-state index is 11.4. The van der Waals surface area contributed by atoms with E-state index in [1.54, 1.807) is 0 Å². The van der Waals surface area contributed by atoms with Gasteiger partial charge in [-0.2, -0.15) is 0 Å². The Bertz CT molecular complexity index is 350. The summed E-state index contributed by atoms with van der Waals surface area (Å²) in [6.45, 7) is 4.96. The third-order valence-electron chi connectivity index (χ3n) is 4.48. The summed E-state index contributed by atoms with van der Waals surface area (Å²) in [4.78, 5) is 22.7. The van der Waals surface area contributed by atoms with Crippen molar-refractivity contribution >= 4 is 11.9 Å². The smallest absolute Gasteiger partial charge is 0.303 e. The molecule has 2 bridgehead atoms. The Hall–Kier alpha value is -1.06. The minimum Gasteiger partial charge on any atom is -0.458 e. The molecule has 0 aromatic carbocycles. The van der Waals surface area contributed by atoms with Gasteiger partial charge in [0.2, 0.25) is 0 Å². The number of rotatable bonds is 2. The fourth-order valence-electron chi connectivity index (χ4n) is 3.72. The van der Waals surface area contributed by atoms with Crippen molar-refractivity contribution in [1.29, 1.82) is 0 Å². The highest BCUT2D eigenvalue weighted by Gasteiger charge is 2.56. The van der Waals surface area contributed by atoms with E-state index < -0.39 is 5.60 Å². The summed E-state index contributed by atoms with van der Waals surface area (Å²) < 4.78 is 11.2. The molecule has 4 unspecified atom stereocenters. The molecule has 2 fully saturated rings. The van der Waals surface area contributed by atoms with Crippen LogP contribution >= 0.6 is 0 Å². The zero-order valence-electron chi connectivity index (χ0n) is 11.4. The Morgan fingerprint density at radius 1 is 1.11 bits per heavy atom. The molecule has 0 heterocycles. The first-order valence-corrected chi connectivity index (χ1v) is 6.82. The van der Waals surface area contributed by atoms with Gasteiger partial charge in [0.1, 0.15) is 6.10 Å². The first-order valence-electron chi connectivity index (χ1n) is 6.82. The van der Waals surface area contributed by atoms with Gasteiger partial charge in [0.25, 0.3) is 0 Å². The van der Waals surface area contributed by atoms with Gasteiger partial charge in [-0.25, -0.2) is 0 Å². The third kappa shape index (κ3) is 2.25. The molecule has 2 aliphatic carbocycles. The molecule has 4 nitrogen and oxygen atoms in total. The second-order valence-corrected chi connectivity index (χ2v) is 5.71. The average molecular weight is 254 g/mol. The zero-order chi connectivity index (χ0) is 13.3. The first kappa shape index (κ1) is 13.4. The molecule has 2 saturated carbocycles. The number of hydrogen-bond acceptors (Lipinski definition) is 4. The molecular formula is C14H22O4. The van der Waals surface area contributed by atoms with Crippen LogP contribution in [0.2, 0.25) is 0 Å². The standard InChI is InChI=1S/C14H22O4/c1-9-6-7-12-5-4-8-14(9,18-11(3)16)13(12)17-10(2)15/h9,12-13H,4-8H2,1-3H3. The van der Waals surface area contributed by atoms with Gasteiger partial charge in [-0.3, -0.25) is 9.59 Å². The normalized spacial score (nSPS) is 38.9. The van der Waals surface area contributed by atoms with Crippen molar-refractivity contribution < 1.29 is 19.1 Å². The second-order valence-electron chi connectivity index (χ2n) is 5.71. The van der Waals surface area contributed by atoms with E-state index in [0.717, 1.165) is 32.1 Å². The second kappa shape index (κ2) is 4.90. The van der Waals surface area contributed by atoms with Crippen molar-refractivity contribution in [2.75, 3.05) is 0 Å². The van der Waals surface area contributed by atoms with Gasteiger partial charge in [-0.05, 0) is 43.9 Å². The van der Waals surface area contributed by atoms with E-state index in [1.807, 2.05) is 0 Å². The number of carbonyl (C=O) groups is 2. The Morgan fingerprint density at radius 3 is 2.44 bits per heavy atom. The summed E-state index contributed by atoms with van der Waals surface area (Å²) in [5.74, 6) is 0.0413. The van der Waals surface area contributed by atoms with Gasteiger partial charge in [0.05, 0.1) is 0 Å². The Kier molecular flexibility index (Phi) is 3.64. The first-order chi connectivity index (χ1) is 8.45. The number of carbonyl (C=O) groups excluding carboxylic acids is 2. The van der Waals surface area contributed by atoms with Crippen LogP contribution in [0.15, 0.2) is 0 Å². The van der Waals surface area contributed by atoms with Crippen molar-refractivity contribution in [2.45, 2.75) is 64.6 Å². The zero-order valence-corrected chi connectivity index (χ0v) is 11.4. The van der Waals surface area contributed by atoms with Crippen LogP contribution in [0.5, 0.6) is 0 Å². The van der Waals surface area contributed by atoms with Crippen molar-refractivity contribution in [1.82, 2.24) is 0 Å². The molecule has 4 atom stereocenters. The number of ether oxygens (including phenoxy) is 2. The van der Waals surface area contributed by atoms with Gasteiger partial charge >= 0.3 is 11.9 Å². The van der Waals surface area contributed by atoms with E-state index in [-0.39, 0.29) is 24.0 Å². The largest absolute Gasteiger partial charge is 0.458 e. The lowest BCUT2D eigenvalue weighted by Gasteiger charge is -2.53. The van der Waals surface area contributed by atoms with E-state index in [4.69, 9.17) is 9.47 Å². The van der Waals surface area contributed by atoms with E-state index in [0.29, 0.717) is 5.92 Å². The molecule has 0 aliphatic heterocycles. The highest BCUT2D eigenvalue weighted by atomic mass is 16.6. The third-order valence-corrected chi connectivity index (χ3v) is 4.48. The van der Waals surface area contributed by atoms with Crippen molar-refractivity contribution in [3.05, 3.63) is 0 Å². The number of esters is 2. The van der Waals surface area contributed by atoms with Crippen LogP contribution in [0.4, 0.5) is 0 Å². The lowest BCUT2D eigenvalue weighted by molar-refractivity contribution is -0.223. The van der Waals surface area contributed by atoms with Crippen LogP contribution in [0.1, 0.15) is 52.9 Å². The molecule has 18 heavy (non-hydrogen) atoms. The van der Waals surface area contributed by atoms with Crippen LogP contribution in [0.3, 0.4) is 0 Å². The van der Waals surface area contributed by atoms with Crippen molar-refractivity contribution in [3.8, 4) is 0 Å². The molecule has 0 N–H and O–H groups in total. The molecule has 0 amide bonds. The number of hydrogen-bond donors (Lipinski definition) is 0. The van der Waals surface area contributed by atoms with Crippen LogP contribution in [-0.2, 0) is 19.1 Å². The van der Waals surface area contributed by atoms with Gasteiger partial charge in [-0.15, -0.1) is 0 Å². The predicted molar refractivity (Wildman–Crippen MR) is 65.8 cm³/mol. The summed E-state index contributed by atoms with van der Waals surface area (Å²) in [5.41, 5.74) is -0.585. The fraction of sp³-hybridized carbons (Fsp3) is 0.857. The maximum Gasteiger partial charge on any atom is 0.303 e. The van der Waals surface area contributed by atoms with Gasteiger partial charge in [0.15, 0.2) is 5.60 Å². The van der Waals surface area contributed by atoms with E-state index in [9.17, 15) is 9.59 Å². The molecule has 2 aliphatic rings. The highest BCUT2D eigenvalue weighted by Crippen LogP contribution is 2.49. The molecule has 0 aromatic rings. The molecule has 0 aromatic heterocycles. The van der Waals surface area contributed by atoms with Crippen LogP contribution in [-0.4, -0.2) is 23.6 Å². The Morgan fingerprint density at radius 2 is 1.83 bits per heavy atom. The topological polar surface area (TPSA) is 52.6 Å². The summed E-state index contributed by atoms with van der Waals surface area (Å²) in [5, 5.41) is 0. The van der Waals surface area contributed by atoms with Crippen LogP contribution < -0.4 is 0 Å². The average Bonchev–Trinajstić information content (AvgIpc) is 2.25. The molecule has 4 heteroatoms. The van der Waals surface area contributed by atoms with Crippen molar-refractivity contribution in [2.24, 2.45) is 11.8 Å². The monoisotopic (exact) mass is 254 g/mol. The van der Waals surface area contributed by atoms with E-state index in [2.05, 4.69) is 6.92 Å². The molecule has 0 saturated heterocycles. The quantitative estimate of drug-likeness (QED) is 0.710. The van der Waals surface area contributed by atoms with Crippen molar-refractivity contribution in [3.63, 3.8) is 0 Å². The highest BCUT2D eigenvalue weighted by molar-refractivity contribution is 5.68. The van der Waals surface area contributed by atoms with Gasteiger partial charge in [-0.1, -0.05) is 6.92 Å². The summed E-state index contributed by atoms with van der Waals surface area (Å²) in [7, 11) is 0. The molecule has 102 valence electrons. The lowest BCUT2D eigenvalue weighted by atomic mass is 9.62. The SMILES string of the molecule is CC(=O)OC1C2CCCC1(OC(C)=O)C(C)CC2. The predicted octanol–water partition coefficient (Wildman–Crippen LogP) is 2.45. The summed E-state index contributed by atoms with van der Waals surface area (Å²) in [6, 6.07) is 0. The number of fused-ring (bicyclic) bond motifs is 2. The van der Waals surface area contributed by atoms with Crippen LogP contribution in [0, 0.1) is 11.8 Å². The summed E-state index contributed by atoms with van der Waals surface area (Å²) >= 11 is 0. The minimum atomic E-state index is -0.585. The minimum absolute atomic E-state index is 0.252. The maximum absolute atomic E-state index is 11.4. The molecular weight excluding hydrogens is 232 g/mol. The molecule has 0 radical (unpaired) electrons. The van der Waals surface area contributed by atoms with Gasteiger partial charge in [0, 0.05) is 13.8 Å². The summed E-state index contributed by atoms with van der Waals surface area (Å²) in [6.07, 6.45) is 4.75. The lowest BCUT2D eigenvalue weighted by Crippen LogP contribution is -2.60.